The molecular formula is C21H22BrN3O3. The third-order valence-electron chi connectivity index (χ3n) is 4.80. The van der Waals surface area contributed by atoms with Gasteiger partial charge in [0, 0.05) is 21.8 Å². The van der Waals surface area contributed by atoms with Gasteiger partial charge in [0.05, 0.1) is 0 Å². The van der Waals surface area contributed by atoms with Crippen LogP contribution in [0.25, 0.3) is 0 Å². The van der Waals surface area contributed by atoms with Crippen molar-refractivity contribution in [3.8, 4) is 0 Å². The molecule has 1 aliphatic rings. The maximum atomic E-state index is 13.1. The molecule has 0 saturated carbocycles. The number of para-hydroxylation sites is 1. The zero-order valence-corrected chi connectivity index (χ0v) is 17.6. The van der Waals surface area contributed by atoms with Crippen molar-refractivity contribution >= 4 is 39.5 Å². The third-order valence-corrected chi connectivity index (χ3v) is 5.49. The summed E-state index contributed by atoms with van der Waals surface area (Å²) >= 11 is 3.44. The van der Waals surface area contributed by atoms with E-state index in [4.69, 9.17) is 0 Å². The normalized spacial score (nSPS) is 19.1. The number of carbonyl (C=O) groups is 3. The fraction of sp³-hybridized carbons (Fsp3) is 0.286. The van der Waals surface area contributed by atoms with Crippen molar-refractivity contribution in [3.05, 3.63) is 64.6 Å². The molecule has 4 amide bonds. The van der Waals surface area contributed by atoms with E-state index in [1.54, 1.807) is 24.0 Å². The number of benzene rings is 2. The van der Waals surface area contributed by atoms with Gasteiger partial charge in [-0.15, -0.1) is 0 Å². The lowest BCUT2D eigenvalue weighted by molar-refractivity contribution is -0.134. The van der Waals surface area contributed by atoms with Gasteiger partial charge in [-0.2, -0.15) is 0 Å². The van der Waals surface area contributed by atoms with Gasteiger partial charge in [-0.25, -0.2) is 4.79 Å². The second-order valence-corrected chi connectivity index (χ2v) is 7.97. The van der Waals surface area contributed by atoms with Gasteiger partial charge in [0.2, 0.25) is 5.91 Å². The molecule has 2 aromatic rings. The molecule has 7 heteroatoms. The molecule has 0 spiro atoms. The summed E-state index contributed by atoms with van der Waals surface area (Å²) in [6.07, 6.45) is 0. The van der Waals surface area contributed by atoms with Crippen molar-refractivity contribution in [2.75, 3.05) is 11.4 Å². The Labute approximate surface area is 172 Å². The van der Waals surface area contributed by atoms with E-state index in [0.717, 1.165) is 10.6 Å². The molecule has 3 rings (SSSR count). The lowest BCUT2D eigenvalue weighted by Crippen LogP contribution is -2.46. The van der Waals surface area contributed by atoms with Gasteiger partial charge in [0.25, 0.3) is 5.91 Å². The third kappa shape index (κ3) is 3.54. The van der Waals surface area contributed by atoms with Crippen LogP contribution in [0.5, 0.6) is 0 Å². The maximum Gasteiger partial charge on any atom is 0.325 e. The van der Waals surface area contributed by atoms with Crippen molar-refractivity contribution in [2.24, 2.45) is 0 Å². The number of nitrogens with one attached hydrogen (secondary N) is 1. The molecule has 28 heavy (non-hydrogen) atoms. The molecule has 1 atom stereocenters. The van der Waals surface area contributed by atoms with E-state index in [2.05, 4.69) is 21.2 Å². The van der Waals surface area contributed by atoms with Crippen LogP contribution in [0.2, 0.25) is 0 Å². The average molecular weight is 444 g/mol. The van der Waals surface area contributed by atoms with Gasteiger partial charge in [-0.3, -0.25) is 14.5 Å². The Hall–Kier alpha value is -2.67. The van der Waals surface area contributed by atoms with E-state index >= 15 is 0 Å². The number of hydrogen-bond acceptors (Lipinski definition) is 3. The molecular weight excluding hydrogens is 422 g/mol. The minimum atomic E-state index is -1.23. The monoisotopic (exact) mass is 443 g/mol. The van der Waals surface area contributed by atoms with E-state index in [1.165, 1.54) is 0 Å². The number of urea groups is 1. The topological polar surface area (TPSA) is 69.7 Å². The molecule has 1 saturated heterocycles. The van der Waals surface area contributed by atoms with Gasteiger partial charge in [-0.05, 0) is 39.0 Å². The Balaban J connectivity index is 1.86. The van der Waals surface area contributed by atoms with Crippen molar-refractivity contribution in [1.82, 2.24) is 10.2 Å². The summed E-state index contributed by atoms with van der Waals surface area (Å²) in [5.74, 6) is -0.768. The predicted molar refractivity (Wildman–Crippen MR) is 111 cm³/mol. The van der Waals surface area contributed by atoms with Crippen molar-refractivity contribution in [1.29, 1.82) is 0 Å². The molecule has 1 fully saturated rings. The minimum Gasteiger partial charge on any atom is -0.319 e. The smallest absolute Gasteiger partial charge is 0.319 e. The molecule has 1 N–H and O–H groups in total. The van der Waals surface area contributed by atoms with Gasteiger partial charge >= 0.3 is 6.03 Å². The molecule has 0 unspecified atom stereocenters. The lowest BCUT2D eigenvalue weighted by atomic mass is 9.92. The highest BCUT2D eigenvalue weighted by molar-refractivity contribution is 9.10. The first kappa shape index (κ1) is 20.1. The number of hydrogen-bond donors (Lipinski definition) is 1. The van der Waals surface area contributed by atoms with E-state index in [9.17, 15) is 14.4 Å². The quantitative estimate of drug-likeness (QED) is 0.716. The first-order valence-corrected chi connectivity index (χ1v) is 9.81. The number of rotatable bonds is 5. The summed E-state index contributed by atoms with van der Waals surface area (Å²) in [6, 6.07) is 15.7. The lowest BCUT2D eigenvalue weighted by Gasteiger charge is -2.28. The van der Waals surface area contributed by atoms with Crippen LogP contribution in [0.15, 0.2) is 59.1 Å². The Bertz CT molecular complexity index is 916. The zero-order valence-electron chi connectivity index (χ0n) is 16.0. The Kier molecular flexibility index (Phi) is 5.56. The number of imide groups is 1. The van der Waals surface area contributed by atoms with Crippen molar-refractivity contribution in [2.45, 2.75) is 32.4 Å². The molecule has 0 bridgehead atoms. The van der Waals surface area contributed by atoms with Gasteiger partial charge in [-0.1, -0.05) is 52.3 Å². The second-order valence-electron chi connectivity index (χ2n) is 7.12. The summed E-state index contributed by atoms with van der Waals surface area (Å²) in [4.78, 5) is 41.2. The molecule has 6 nitrogen and oxygen atoms in total. The van der Waals surface area contributed by atoms with Crippen molar-refractivity contribution in [3.63, 3.8) is 0 Å². The summed E-state index contributed by atoms with van der Waals surface area (Å²) in [7, 11) is 0. The SMILES string of the molecule is CC(C)N(C(=O)CN1C(=O)N[C@](C)(c2ccccc2Br)C1=O)c1ccccc1. The number of amides is 4. The first-order chi connectivity index (χ1) is 13.3. The summed E-state index contributed by atoms with van der Waals surface area (Å²) in [5, 5.41) is 2.74. The van der Waals surface area contributed by atoms with Crippen LogP contribution in [-0.4, -0.2) is 35.3 Å². The molecule has 0 radical (unpaired) electrons. The summed E-state index contributed by atoms with van der Waals surface area (Å²) in [6.45, 7) is 5.11. The highest BCUT2D eigenvalue weighted by Crippen LogP contribution is 2.33. The van der Waals surface area contributed by atoms with Crippen LogP contribution >= 0.6 is 15.9 Å². The molecule has 0 aromatic heterocycles. The summed E-state index contributed by atoms with van der Waals surface area (Å²) < 4.78 is 0.715. The van der Waals surface area contributed by atoms with Crippen LogP contribution in [0.1, 0.15) is 26.3 Å². The van der Waals surface area contributed by atoms with E-state index in [-0.39, 0.29) is 18.5 Å². The Morgan fingerprint density at radius 3 is 2.32 bits per heavy atom. The predicted octanol–water partition coefficient (Wildman–Crippen LogP) is 3.66. The fourth-order valence-electron chi connectivity index (χ4n) is 3.42. The standard InChI is InChI=1S/C21H22BrN3O3/c1-14(2)25(15-9-5-4-6-10-15)18(26)13-24-19(27)21(3,23-20(24)28)16-11-7-8-12-17(16)22/h4-12,14H,13H2,1-3H3,(H,23,28)/t21-/m1/s1. The minimum absolute atomic E-state index is 0.120. The molecule has 1 heterocycles. The molecule has 1 aliphatic heterocycles. The fourth-order valence-corrected chi connectivity index (χ4v) is 4.10. The number of nitrogens with zero attached hydrogens (tertiary/aromatic N) is 2. The van der Waals surface area contributed by atoms with Crippen LogP contribution < -0.4 is 10.2 Å². The van der Waals surface area contributed by atoms with E-state index in [1.807, 2.05) is 56.3 Å². The van der Waals surface area contributed by atoms with Crippen molar-refractivity contribution < 1.29 is 14.4 Å². The van der Waals surface area contributed by atoms with Crippen LogP contribution in [-0.2, 0) is 15.1 Å². The molecule has 2 aromatic carbocycles. The van der Waals surface area contributed by atoms with Gasteiger partial charge < -0.3 is 10.2 Å². The largest absolute Gasteiger partial charge is 0.325 e. The van der Waals surface area contributed by atoms with Crippen LogP contribution in [0, 0.1) is 0 Å². The average Bonchev–Trinajstić information content (AvgIpc) is 2.86. The van der Waals surface area contributed by atoms with Crippen LogP contribution in [0.3, 0.4) is 0 Å². The number of carbonyl (C=O) groups excluding carboxylic acids is 3. The van der Waals surface area contributed by atoms with Gasteiger partial charge in [0.1, 0.15) is 12.1 Å². The first-order valence-electron chi connectivity index (χ1n) is 9.02. The Morgan fingerprint density at radius 1 is 1.11 bits per heavy atom. The summed E-state index contributed by atoms with van der Waals surface area (Å²) in [5.41, 5.74) is 0.141. The van der Waals surface area contributed by atoms with Gasteiger partial charge in [0.15, 0.2) is 0 Å². The van der Waals surface area contributed by atoms with Crippen LogP contribution in [0.4, 0.5) is 10.5 Å². The zero-order chi connectivity index (χ0) is 20.5. The van der Waals surface area contributed by atoms with E-state index < -0.39 is 17.5 Å². The number of halogens is 1. The maximum absolute atomic E-state index is 13.1. The number of anilines is 1. The molecule has 0 aliphatic carbocycles. The highest BCUT2D eigenvalue weighted by atomic mass is 79.9. The Morgan fingerprint density at radius 2 is 1.71 bits per heavy atom. The highest BCUT2D eigenvalue weighted by Gasteiger charge is 2.50. The molecule has 146 valence electrons. The second kappa shape index (κ2) is 7.75. The van der Waals surface area contributed by atoms with E-state index in [0.29, 0.717) is 10.0 Å².